The number of rotatable bonds is 8. The second-order valence-corrected chi connectivity index (χ2v) is 7.50. The van der Waals surface area contributed by atoms with E-state index in [0.29, 0.717) is 18.6 Å². The zero-order valence-electron chi connectivity index (χ0n) is 16.2. The Balaban J connectivity index is 1.96. The maximum absolute atomic E-state index is 11.6. The minimum atomic E-state index is -0.927. The number of aryl methyl sites for hydroxylation is 1. The van der Waals surface area contributed by atoms with Crippen molar-refractivity contribution < 1.29 is 19.7 Å². The summed E-state index contributed by atoms with van der Waals surface area (Å²) in [4.78, 5) is 11.6. The van der Waals surface area contributed by atoms with Gasteiger partial charge in [-0.25, -0.2) is 4.79 Å². The molecule has 3 aromatic rings. The molecule has 0 saturated heterocycles. The lowest BCUT2D eigenvalue weighted by Crippen LogP contribution is -2.00. The fourth-order valence-electron chi connectivity index (χ4n) is 3.29. The highest BCUT2D eigenvalue weighted by atomic mass is 79.9. The predicted octanol–water partition coefficient (Wildman–Crippen LogP) is 5.80. The largest absolute Gasteiger partial charge is 0.492 e. The standard InChI is InChI=1S/C24H23BrO4/c1-2-16-14-17(20-6-3-4-7-21(20)24(27)28)8-10-19(16)18-9-11-23(22(25)15-18)29-13-5-12-26/h3-4,6-11,14-15,26H,2,5,12-13H2,1H3,(H,27,28). The van der Waals surface area contributed by atoms with Crippen LogP contribution in [0.4, 0.5) is 0 Å². The summed E-state index contributed by atoms with van der Waals surface area (Å²) < 4.78 is 6.53. The Hall–Kier alpha value is -2.63. The highest BCUT2D eigenvalue weighted by Crippen LogP contribution is 2.35. The van der Waals surface area contributed by atoms with Crippen LogP contribution in [0.2, 0.25) is 0 Å². The third kappa shape index (κ3) is 4.86. The summed E-state index contributed by atoms with van der Waals surface area (Å²) in [5, 5.41) is 18.4. The number of aliphatic hydroxyl groups is 1. The van der Waals surface area contributed by atoms with Gasteiger partial charge < -0.3 is 14.9 Å². The molecule has 0 aromatic heterocycles. The number of carboxylic acids is 1. The van der Waals surface area contributed by atoms with Crippen molar-refractivity contribution in [2.45, 2.75) is 19.8 Å². The maximum atomic E-state index is 11.6. The zero-order valence-corrected chi connectivity index (χ0v) is 17.8. The van der Waals surface area contributed by atoms with E-state index in [9.17, 15) is 9.90 Å². The normalized spacial score (nSPS) is 10.7. The number of benzene rings is 3. The van der Waals surface area contributed by atoms with E-state index in [0.717, 1.165) is 44.5 Å². The summed E-state index contributed by atoms with van der Waals surface area (Å²) in [7, 11) is 0. The van der Waals surface area contributed by atoms with E-state index in [1.54, 1.807) is 12.1 Å². The molecule has 0 aliphatic heterocycles. The van der Waals surface area contributed by atoms with Crippen LogP contribution in [0.5, 0.6) is 5.75 Å². The van der Waals surface area contributed by atoms with Crippen LogP contribution < -0.4 is 4.74 Å². The Morgan fingerprint density at radius 1 is 1.00 bits per heavy atom. The number of carboxylic acid groups (broad SMARTS) is 1. The molecular formula is C24H23BrO4. The summed E-state index contributed by atoms with van der Waals surface area (Å²) in [6.07, 6.45) is 1.41. The van der Waals surface area contributed by atoms with Crippen LogP contribution in [0.3, 0.4) is 0 Å². The van der Waals surface area contributed by atoms with Gasteiger partial charge in [-0.2, -0.15) is 0 Å². The van der Waals surface area contributed by atoms with Gasteiger partial charge in [0.2, 0.25) is 0 Å². The van der Waals surface area contributed by atoms with Gasteiger partial charge in [0, 0.05) is 13.0 Å². The SMILES string of the molecule is CCc1cc(-c2ccccc2C(=O)O)ccc1-c1ccc(OCCCO)c(Br)c1. The molecular weight excluding hydrogens is 432 g/mol. The number of aliphatic hydroxyl groups excluding tert-OH is 1. The van der Waals surface area contributed by atoms with Crippen molar-refractivity contribution in [3.63, 3.8) is 0 Å². The Morgan fingerprint density at radius 2 is 1.72 bits per heavy atom. The molecule has 29 heavy (non-hydrogen) atoms. The van der Waals surface area contributed by atoms with Crippen LogP contribution in [0.1, 0.15) is 29.3 Å². The highest BCUT2D eigenvalue weighted by molar-refractivity contribution is 9.10. The molecule has 0 fully saturated rings. The fraction of sp³-hybridized carbons (Fsp3) is 0.208. The first-order chi connectivity index (χ1) is 14.0. The average molecular weight is 455 g/mol. The lowest BCUT2D eigenvalue weighted by Gasteiger charge is -2.14. The summed E-state index contributed by atoms with van der Waals surface area (Å²) in [5.41, 5.74) is 5.22. The lowest BCUT2D eigenvalue weighted by atomic mass is 9.92. The first-order valence-electron chi connectivity index (χ1n) is 9.54. The quantitative estimate of drug-likeness (QED) is 0.421. The summed E-state index contributed by atoms with van der Waals surface area (Å²) >= 11 is 3.57. The number of hydrogen-bond acceptors (Lipinski definition) is 3. The molecule has 0 spiro atoms. The summed E-state index contributed by atoms with van der Waals surface area (Å²) in [5.74, 6) is -0.185. The van der Waals surface area contributed by atoms with E-state index in [2.05, 4.69) is 28.9 Å². The van der Waals surface area contributed by atoms with Gasteiger partial charge in [0.15, 0.2) is 0 Å². The van der Waals surface area contributed by atoms with Gasteiger partial charge in [-0.05, 0) is 68.4 Å². The molecule has 0 heterocycles. The number of halogens is 1. The second-order valence-electron chi connectivity index (χ2n) is 6.65. The Kier molecular flexibility index (Phi) is 7.07. The fourth-order valence-corrected chi connectivity index (χ4v) is 3.78. The predicted molar refractivity (Wildman–Crippen MR) is 119 cm³/mol. The number of carbonyl (C=O) groups is 1. The van der Waals surface area contributed by atoms with E-state index in [4.69, 9.17) is 9.84 Å². The summed E-state index contributed by atoms with van der Waals surface area (Å²) in [6.45, 7) is 2.66. The van der Waals surface area contributed by atoms with Gasteiger partial charge in [0.05, 0.1) is 16.6 Å². The molecule has 2 N–H and O–H groups in total. The second kappa shape index (κ2) is 9.72. The lowest BCUT2D eigenvalue weighted by molar-refractivity contribution is 0.0697. The molecule has 3 aromatic carbocycles. The Morgan fingerprint density at radius 3 is 2.41 bits per heavy atom. The van der Waals surface area contributed by atoms with Crippen molar-refractivity contribution in [1.82, 2.24) is 0 Å². The first-order valence-corrected chi connectivity index (χ1v) is 10.3. The van der Waals surface area contributed by atoms with Crippen LogP contribution in [0.15, 0.2) is 65.1 Å². The van der Waals surface area contributed by atoms with E-state index < -0.39 is 5.97 Å². The maximum Gasteiger partial charge on any atom is 0.336 e. The third-order valence-electron chi connectivity index (χ3n) is 4.76. The van der Waals surface area contributed by atoms with Crippen LogP contribution in [0.25, 0.3) is 22.3 Å². The van der Waals surface area contributed by atoms with Crippen LogP contribution in [-0.4, -0.2) is 29.4 Å². The van der Waals surface area contributed by atoms with Gasteiger partial charge in [-0.3, -0.25) is 0 Å². The van der Waals surface area contributed by atoms with Crippen molar-refractivity contribution in [3.8, 4) is 28.0 Å². The number of hydrogen-bond donors (Lipinski definition) is 2. The van der Waals surface area contributed by atoms with E-state index in [1.807, 2.05) is 42.5 Å². The van der Waals surface area contributed by atoms with E-state index in [-0.39, 0.29) is 6.61 Å². The summed E-state index contributed by atoms with van der Waals surface area (Å²) in [6, 6.07) is 19.1. The van der Waals surface area contributed by atoms with Crippen LogP contribution >= 0.6 is 15.9 Å². The third-order valence-corrected chi connectivity index (χ3v) is 5.38. The zero-order chi connectivity index (χ0) is 20.8. The van der Waals surface area contributed by atoms with Crippen molar-refractivity contribution in [2.75, 3.05) is 13.2 Å². The molecule has 0 amide bonds. The minimum absolute atomic E-state index is 0.104. The van der Waals surface area contributed by atoms with Gasteiger partial charge in [-0.15, -0.1) is 0 Å². The molecule has 0 unspecified atom stereocenters. The molecule has 0 aliphatic rings. The molecule has 5 heteroatoms. The molecule has 3 rings (SSSR count). The van der Waals surface area contributed by atoms with Gasteiger partial charge in [-0.1, -0.05) is 49.4 Å². The number of aromatic carboxylic acids is 1. The van der Waals surface area contributed by atoms with Gasteiger partial charge in [0.1, 0.15) is 5.75 Å². The van der Waals surface area contributed by atoms with Crippen LogP contribution in [0, 0.1) is 0 Å². The number of ether oxygens (including phenoxy) is 1. The first kappa shape index (κ1) is 21.1. The van der Waals surface area contributed by atoms with Gasteiger partial charge in [0.25, 0.3) is 0 Å². The molecule has 0 saturated carbocycles. The molecule has 150 valence electrons. The van der Waals surface area contributed by atoms with Gasteiger partial charge >= 0.3 is 5.97 Å². The van der Waals surface area contributed by atoms with E-state index >= 15 is 0 Å². The minimum Gasteiger partial charge on any atom is -0.492 e. The van der Waals surface area contributed by atoms with Crippen LogP contribution in [-0.2, 0) is 6.42 Å². The Bertz CT molecular complexity index is 1010. The topological polar surface area (TPSA) is 66.8 Å². The molecule has 0 radical (unpaired) electrons. The smallest absolute Gasteiger partial charge is 0.336 e. The highest BCUT2D eigenvalue weighted by Gasteiger charge is 2.13. The Labute approximate surface area is 178 Å². The van der Waals surface area contributed by atoms with Crippen molar-refractivity contribution in [2.24, 2.45) is 0 Å². The van der Waals surface area contributed by atoms with E-state index in [1.165, 1.54) is 0 Å². The average Bonchev–Trinajstić information content (AvgIpc) is 2.74. The molecule has 4 nitrogen and oxygen atoms in total. The molecule has 0 atom stereocenters. The molecule has 0 aliphatic carbocycles. The monoisotopic (exact) mass is 454 g/mol. The van der Waals surface area contributed by atoms with Crippen molar-refractivity contribution in [1.29, 1.82) is 0 Å². The van der Waals surface area contributed by atoms with Crippen molar-refractivity contribution >= 4 is 21.9 Å². The van der Waals surface area contributed by atoms with Crippen molar-refractivity contribution in [3.05, 3.63) is 76.3 Å². The molecule has 0 bridgehead atoms.